The summed E-state index contributed by atoms with van der Waals surface area (Å²) in [6, 6.07) is 1.60. The molecule has 0 spiro atoms. The van der Waals surface area contributed by atoms with Crippen LogP contribution in [0.4, 0.5) is 0 Å². The third kappa shape index (κ3) is 3.45. The molecule has 0 unspecified atom stereocenters. The first-order valence-corrected chi connectivity index (χ1v) is 8.65. The van der Waals surface area contributed by atoms with Crippen molar-refractivity contribution < 1.29 is 18.3 Å². The van der Waals surface area contributed by atoms with Gasteiger partial charge in [0.2, 0.25) is 15.9 Å². The fourth-order valence-corrected chi connectivity index (χ4v) is 4.03. The molecule has 8 heteroatoms. The monoisotopic (exact) mass is 327 g/mol. The van der Waals surface area contributed by atoms with Crippen molar-refractivity contribution in [2.45, 2.75) is 30.8 Å². The zero-order valence-corrected chi connectivity index (χ0v) is 13.5. The lowest BCUT2D eigenvalue weighted by molar-refractivity contribution is -0.122. The number of nitrogens with zero attached hydrogens (tertiary/aromatic N) is 2. The first-order valence-electron chi connectivity index (χ1n) is 7.21. The van der Waals surface area contributed by atoms with Gasteiger partial charge in [0.1, 0.15) is 4.90 Å². The third-order valence-electron chi connectivity index (χ3n) is 3.92. The van der Waals surface area contributed by atoms with E-state index in [0.717, 1.165) is 5.56 Å². The van der Waals surface area contributed by atoms with E-state index in [-0.39, 0.29) is 30.3 Å². The predicted molar refractivity (Wildman–Crippen MR) is 80.6 cm³/mol. The Morgan fingerprint density at radius 1 is 1.45 bits per heavy atom. The Hall–Kier alpha value is -1.51. The van der Waals surface area contributed by atoms with Gasteiger partial charge in [0.15, 0.2) is 0 Å². The molecule has 1 saturated heterocycles. The average Bonchev–Trinajstić information content (AvgIpc) is 2.89. The molecule has 22 heavy (non-hydrogen) atoms. The second-order valence-electron chi connectivity index (χ2n) is 5.41. The highest BCUT2D eigenvalue weighted by Crippen LogP contribution is 2.26. The quantitative estimate of drug-likeness (QED) is 0.778. The summed E-state index contributed by atoms with van der Waals surface area (Å²) in [6.45, 7) is 2.06. The number of hydrogen-bond acceptors (Lipinski definition) is 5. The Kier molecular flexibility index (Phi) is 5.15. The van der Waals surface area contributed by atoms with E-state index >= 15 is 0 Å². The van der Waals surface area contributed by atoms with Crippen LogP contribution in [0.2, 0.25) is 0 Å². The van der Waals surface area contributed by atoms with Crippen molar-refractivity contribution in [3.05, 3.63) is 24.0 Å². The van der Waals surface area contributed by atoms with Gasteiger partial charge in [-0.3, -0.25) is 9.78 Å². The molecule has 2 atom stereocenters. The summed E-state index contributed by atoms with van der Waals surface area (Å²) in [7, 11) is -2.19. The maximum atomic E-state index is 12.6. The van der Waals surface area contributed by atoms with Gasteiger partial charge in [-0.05, 0) is 18.1 Å². The molecule has 1 aliphatic heterocycles. The van der Waals surface area contributed by atoms with Gasteiger partial charge in [-0.2, -0.15) is 4.31 Å². The van der Waals surface area contributed by atoms with Gasteiger partial charge in [0.05, 0.1) is 6.10 Å². The van der Waals surface area contributed by atoms with Crippen LogP contribution in [0.3, 0.4) is 0 Å². The summed E-state index contributed by atoms with van der Waals surface area (Å²) in [5, 5.41) is 12.5. The van der Waals surface area contributed by atoms with Crippen LogP contribution in [0.15, 0.2) is 23.4 Å². The summed E-state index contributed by atoms with van der Waals surface area (Å²) < 4.78 is 26.5. The number of aliphatic hydroxyl groups is 1. The molecule has 2 heterocycles. The van der Waals surface area contributed by atoms with Crippen LogP contribution < -0.4 is 5.32 Å². The number of aromatic nitrogens is 1. The van der Waals surface area contributed by atoms with Crippen LogP contribution in [0.25, 0.3) is 0 Å². The lowest BCUT2D eigenvalue weighted by Crippen LogP contribution is -2.30. The zero-order chi connectivity index (χ0) is 16.3. The van der Waals surface area contributed by atoms with E-state index in [9.17, 15) is 18.3 Å². The summed E-state index contributed by atoms with van der Waals surface area (Å²) in [6.07, 6.45) is 2.91. The first-order chi connectivity index (χ1) is 10.4. The second kappa shape index (κ2) is 6.72. The molecular weight excluding hydrogens is 306 g/mol. The van der Waals surface area contributed by atoms with Crippen molar-refractivity contribution in [1.29, 1.82) is 0 Å². The smallest absolute Gasteiger partial charge is 0.244 e. The van der Waals surface area contributed by atoms with Crippen molar-refractivity contribution in [3.8, 4) is 0 Å². The highest BCUT2D eigenvalue weighted by Gasteiger charge is 2.39. The summed E-state index contributed by atoms with van der Waals surface area (Å²) in [5.74, 6) is -0.602. The zero-order valence-electron chi connectivity index (χ0n) is 12.7. The number of sulfonamides is 1. The van der Waals surface area contributed by atoms with Crippen LogP contribution in [0.1, 0.15) is 18.9 Å². The number of hydrogen-bond donors (Lipinski definition) is 2. The van der Waals surface area contributed by atoms with E-state index < -0.39 is 22.0 Å². The molecule has 0 aliphatic carbocycles. The first kappa shape index (κ1) is 16.9. The minimum Gasteiger partial charge on any atom is -0.391 e. The number of β-amino-alcohol motifs (C(OH)–C–C–N with tert-alkyl or cyclic N) is 1. The molecule has 0 bridgehead atoms. The van der Waals surface area contributed by atoms with Gasteiger partial charge in [0, 0.05) is 44.9 Å². The topological polar surface area (TPSA) is 99.6 Å². The number of rotatable bonds is 5. The molecule has 1 aliphatic rings. The third-order valence-corrected chi connectivity index (χ3v) is 5.71. The maximum Gasteiger partial charge on any atom is 0.244 e. The van der Waals surface area contributed by atoms with Gasteiger partial charge in [0.25, 0.3) is 0 Å². The van der Waals surface area contributed by atoms with Crippen molar-refractivity contribution in [1.82, 2.24) is 14.6 Å². The van der Waals surface area contributed by atoms with Gasteiger partial charge >= 0.3 is 0 Å². The molecule has 1 aromatic heterocycles. The molecule has 2 N–H and O–H groups in total. The molecule has 7 nitrogen and oxygen atoms in total. The molecular formula is C14H21N3O4S. The minimum atomic E-state index is -3.70. The lowest BCUT2D eigenvalue weighted by atomic mass is 10.0. The predicted octanol–water partition coefficient (Wildman–Crippen LogP) is -0.238. The van der Waals surface area contributed by atoms with E-state index in [2.05, 4.69) is 10.3 Å². The van der Waals surface area contributed by atoms with Crippen LogP contribution >= 0.6 is 0 Å². The Morgan fingerprint density at radius 2 is 2.18 bits per heavy atom. The molecule has 0 aromatic carbocycles. The van der Waals surface area contributed by atoms with E-state index in [4.69, 9.17) is 0 Å². The molecule has 1 amide bonds. The molecule has 122 valence electrons. The van der Waals surface area contributed by atoms with Crippen LogP contribution in [-0.4, -0.2) is 55.0 Å². The van der Waals surface area contributed by atoms with Crippen molar-refractivity contribution in [2.24, 2.45) is 5.92 Å². The molecule has 1 aromatic rings. The Labute approximate surface area is 130 Å². The number of nitrogens with one attached hydrogen (secondary N) is 1. The van der Waals surface area contributed by atoms with E-state index in [0.29, 0.717) is 6.42 Å². The molecule has 2 rings (SSSR count). The molecule has 0 saturated carbocycles. The standard InChI is InChI=1S/C14H21N3O4S/c1-3-10-4-12(7-16-6-10)22(20,21)17-8-11(13(18)9-17)5-14(19)15-2/h4,6-7,11,13,18H,3,5,8-9H2,1-2H3,(H,15,19)/t11-,13-/m1/s1. The van der Waals surface area contributed by atoms with Crippen LogP contribution in [0, 0.1) is 5.92 Å². The van der Waals surface area contributed by atoms with Gasteiger partial charge in [-0.15, -0.1) is 0 Å². The van der Waals surface area contributed by atoms with Crippen LogP contribution in [0.5, 0.6) is 0 Å². The second-order valence-corrected chi connectivity index (χ2v) is 7.35. The number of pyridine rings is 1. The summed E-state index contributed by atoms with van der Waals surface area (Å²) in [5.41, 5.74) is 0.836. The minimum absolute atomic E-state index is 0.000344. The van der Waals surface area contributed by atoms with Crippen molar-refractivity contribution in [3.63, 3.8) is 0 Å². The van der Waals surface area contributed by atoms with Crippen molar-refractivity contribution >= 4 is 15.9 Å². The number of carbonyl (C=O) groups is 1. The fourth-order valence-electron chi connectivity index (χ4n) is 2.50. The van der Waals surface area contributed by atoms with E-state index in [1.54, 1.807) is 12.3 Å². The largest absolute Gasteiger partial charge is 0.391 e. The number of aliphatic hydroxyl groups excluding tert-OH is 1. The Balaban J connectivity index is 2.18. The molecule has 0 radical (unpaired) electrons. The fraction of sp³-hybridized carbons (Fsp3) is 0.571. The lowest BCUT2D eigenvalue weighted by Gasteiger charge is -2.16. The number of amides is 1. The van der Waals surface area contributed by atoms with Crippen LogP contribution in [-0.2, 0) is 21.2 Å². The van der Waals surface area contributed by atoms with Gasteiger partial charge < -0.3 is 10.4 Å². The molecule has 1 fully saturated rings. The van der Waals surface area contributed by atoms with E-state index in [1.165, 1.54) is 17.5 Å². The normalized spacial score (nSPS) is 22.7. The van der Waals surface area contributed by atoms with E-state index in [1.807, 2.05) is 6.92 Å². The van der Waals surface area contributed by atoms with Gasteiger partial charge in [-0.25, -0.2) is 8.42 Å². The Morgan fingerprint density at radius 3 is 2.82 bits per heavy atom. The summed E-state index contributed by atoms with van der Waals surface area (Å²) in [4.78, 5) is 15.5. The van der Waals surface area contributed by atoms with Gasteiger partial charge in [-0.1, -0.05) is 6.92 Å². The highest BCUT2D eigenvalue weighted by molar-refractivity contribution is 7.89. The number of aryl methyl sites for hydroxylation is 1. The Bertz CT molecular complexity index is 647. The van der Waals surface area contributed by atoms with Crippen molar-refractivity contribution in [2.75, 3.05) is 20.1 Å². The SMILES string of the molecule is CCc1cncc(S(=O)(=O)N2C[C@@H](CC(=O)NC)[C@H](O)C2)c1. The number of carbonyl (C=O) groups excluding carboxylic acids is 1. The highest BCUT2D eigenvalue weighted by atomic mass is 32.2. The average molecular weight is 327 g/mol. The summed E-state index contributed by atoms with van der Waals surface area (Å²) >= 11 is 0. The maximum absolute atomic E-state index is 12.6.